The zero-order chi connectivity index (χ0) is 28.1. The maximum atomic E-state index is 13.5. The van der Waals surface area contributed by atoms with E-state index in [9.17, 15) is 31.2 Å². The number of rotatable bonds is 10. The summed E-state index contributed by atoms with van der Waals surface area (Å²) in [4.78, 5) is 27.5. The van der Waals surface area contributed by atoms with Gasteiger partial charge in [0.15, 0.2) is 0 Å². The Morgan fingerprint density at radius 3 is 2.27 bits per heavy atom. The third-order valence-corrected chi connectivity index (χ3v) is 7.31. The fourth-order valence-electron chi connectivity index (χ4n) is 3.36. The lowest BCUT2D eigenvalue weighted by molar-refractivity contribution is -0.139. The number of benzene rings is 2. The Labute approximate surface area is 224 Å². The summed E-state index contributed by atoms with van der Waals surface area (Å²) in [5, 5.41) is 2.86. The minimum atomic E-state index is -4.77. The minimum absolute atomic E-state index is 0.109. The lowest BCUT2D eigenvalue weighted by Crippen LogP contribution is -2.52. The summed E-state index contributed by atoms with van der Waals surface area (Å²) in [6.07, 6.45) is -3.39. The molecule has 0 aliphatic rings. The van der Waals surface area contributed by atoms with Crippen LogP contribution in [-0.2, 0) is 32.3 Å². The van der Waals surface area contributed by atoms with E-state index in [4.69, 9.17) is 23.2 Å². The fourth-order valence-corrected chi connectivity index (χ4v) is 4.69. The van der Waals surface area contributed by atoms with Crippen molar-refractivity contribution in [3.63, 3.8) is 0 Å². The average Bonchev–Trinajstić information content (AvgIpc) is 2.79. The molecule has 0 heterocycles. The normalized spacial score (nSPS) is 13.5. The summed E-state index contributed by atoms with van der Waals surface area (Å²) in [6, 6.07) is 7.48. The van der Waals surface area contributed by atoms with Crippen LogP contribution in [0.1, 0.15) is 38.3 Å². The van der Waals surface area contributed by atoms with Gasteiger partial charge in [-0.05, 0) is 56.2 Å². The number of carbonyl (C=O) groups is 2. The number of hydrogen-bond acceptors (Lipinski definition) is 4. The first-order valence-corrected chi connectivity index (χ1v) is 13.8. The Kier molecular flexibility index (Phi) is 10.3. The Morgan fingerprint density at radius 2 is 1.73 bits per heavy atom. The number of alkyl halides is 3. The zero-order valence-corrected chi connectivity index (χ0v) is 23.0. The average molecular weight is 582 g/mol. The predicted molar refractivity (Wildman–Crippen MR) is 138 cm³/mol. The van der Waals surface area contributed by atoms with Crippen molar-refractivity contribution in [2.45, 2.75) is 52.0 Å². The summed E-state index contributed by atoms with van der Waals surface area (Å²) in [5.74, 6) is -1.31. The number of anilines is 1. The largest absolute Gasteiger partial charge is 0.416 e. The first-order chi connectivity index (χ1) is 17.0. The Morgan fingerprint density at radius 1 is 1.08 bits per heavy atom. The van der Waals surface area contributed by atoms with Gasteiger partial charge >= 0.3 is 6.18 Å². The smallest absolute Gasteiger partial charge is 0.352 e. The molecule has 7 nitrogen and oxygen atoms in total. The Balaban J connectivity index is 2.50. The van der Waals surface area contributed by atoms with Gasteiger partial charge in [-0.15, -0.1) is 0 Å². The molecule has 2 aromatic carbocycles. The maximum absolute atomic E-state index is 13.5. The molecule has 0 saturated heterocycles. The summed E-state index contributed by atoms with van der Waals surface area (Å²) in [5.41, 5.74) is -1.08. The van der Waals surface area contributed by atoms with Crippen LogP contribution in [-0.4, -0.2) is 50.0 Å². The number of nitrogens with zero attached hydrogens (tertiary/aromatic N) is 2. The number of nitrogens with one attached hydrogen (secondary N) is 1. The van der Waals surface area contributed by atoms with Gasteiger partial charge < -0.3 is 10.2 Å². The van der Waals surface area contributed by atoms with E-state index in [1.54, 1.807) is 31.2 Å². The Hall–Kier alpha value is -2.50. The highest BCUT2D eigenvalue weighted by molar-refractivity contribution is 7.92. The molecule has 2 rings (SSSR count). The second-order valence-corrected chi connectivity index (χ2v) is 11.3. The van der Waals surface area contributed by atoms with E-state index in [2.05, 4.69) is 5.32 Å². The van der Waals surface area contributed by atoms with E-state index in [0.717, 1.165) is 17.2 Å². The van der Waals surface area contributed by atoms with Crippen LogP contribution in [0.4, 0.5) is 18.9 Å². The van der Waals surface area contributed by atoms with Gasteiger partial charge in [0.25, 0.3) is 0 Å². The molecule has 2 atom stereocenters. The molecular formula is C24H28Cl2F3N3O4S. The van der Waals surface area contributed by atoms with Crippen molar-refractivity contribution in [2.24, 2.45) is 0 Å². The number of amides is 2. The monoisotopic (exact) mass is 581 g/mol. The maximum Gasteiger partial charge on any atom is 0.416 e. The second kappa shape index (κ2) is 12.4. The van der Waals surface area contributed by atoms with Crippen LogP contribution in [0, 0.1) is 0 Å². The minimum Gasteiger partial charge on any atom is -0.352 e. The lowest BCUT2D eigenvalue weighted by Gasteiger charge is -2.32. The van der Waals surface area contributed by atoms with Crippen LogP contribution in [0.25, 0.3) is 0 Å². The number of hydrogen-bond donors (Lipinski definition) is 1. The lowest BCUT2D eigenvalue weighted by atomic mass is 10.1. The van der Waals surface area contributed by atoms with Crippen molar-refractivity contribution in [3.8, 4) is 0 Å². The number of carbonyl (C=O) groups excluding carboxylic acids is 2. The van der Waals surface area contributed by atoms with Gasteiger partial charge in [-0.3, -0.25) is 13.9 Å². The predicted octanol–water partition coefficient (Wildman–Crippen LogP) is 5.11. The summed E-state index contributed by atoms with van der Waals surface area (Å²) in [6.45, 7) is 4.13. The van der Waals surface area contributed by atoms with Gasteiger partial charge in [-0.2, -0.15) is 13.2 Å². The number of halogens is 5. The SMILES string of the molecule is CC[C@H](C)NC(=O)[C@H](C)N(Cc1cccc(Cl)c1)C(=O)CN(c1cc(C(F)(F)F)ccc1Cl)S(C)(=O)=O. The van der Waals surface area contributed by atoms with Crippen LogP contribution in [0.5, 0.6) is 0 Å². The third-order valence-electron chi connectivity index (χ3n) is 5.63. The van der Waals surface area contributed by atoms with Crippen LogP contribution in [0.15, 0.2) is 42.5 Å². The summed E-state index contributed by atoms with van der Waals surface area (Å²) in [7, 11) is -4.27. The van der Waals surface area contributed by atoms with Crippen LogP contribution < -0.4 is 9.62 Å². The molecule has 0 fully saturated rings. The van der Waals surface area contributed by atoms with Crippen molar-refractivity contribution < 1.29 is 31.2 Å². The molecular weight excluding hydrogens is 554 g/mol. The third kappa shape index (κ3) is 8.51. The van der Waals surface area contributed by atoms with Gasteiger partial charge in [0, 0.05) is 17.6 Å². The quantitative estimate of drug-likeness (QED) is 0.422. The van der Waals surface area contributed by atoms with Crippen molar-refractivity contribution in [2.75, 3.05) is 17.1 Å². The van der Waals surface area contributed by atoms with E-state index in [1.165, 1.54) is 6.92 Å². The Bertz CT molecular complexity index is 1240. The van der Waals surface area contributed by atoms with Crippen molar-refractivity contribution in [1.29, 1.82) is 0 Å². The zero-order valence-electron chi connectivity index (χ0n) is 20.6. The van der Waals surface area contributed by atoms with Gasteiger partial charge in [0.2, 0.25) is 21.8 Å². The molecule has 0 aromatic heterocycles. The van der Waals surface area contributed by atoms with E-state index >= 15 is 0 Å². The molecule has 0 unspecified atom stereocenters. The summed E-state index contributed by atoms with van der Waals surface area (Å²) < 4.78 is 65.7. The highest BCUT2D eigenvalue weighted by Crippen LogP contribution is 2.36. The molecule has 0 saturated carbocycles. The molecule has 1 N–H and O–H groups in total. The molecule has 0 aliphatic heterocycles. The van der Waals surface area contributed by atoms with E-state index in [0.29, 0.717) is 33.4 Å². The molecule has 0 spiro atoms. The first kappa shape index (κ1) is 30.7. The second-order valence-electron chi connectivity index (χ2n) is 8.58. The van der Waals surface area contributed by atoms with Gasteiger partial charge in [0.1, 0.15) is 12.6 Å². The van der Waals surface area contributed by atoms with Gasteiger partial charge in [0.05, 0.1) is 22.5 Å². The van der Waals surface area contributed by atoms with Crippen LogP contribution in [0.3, 0.4) is 0 Å². The van der Waals surface area contributed by atoms with E-state index < -0.39 is 51.9 Å². The molecule has 0 aliphatic carbocycles. The van der Waals surface area contributed by atoms with Crippen LogP contribution in [0.2, 0.25) is 10.0 Å². The highest BCUT2D eigenvalue weighted by Gasteiger charge is 2.34. The summed E-state index contributed by atoms with van der Waals surface area (Å²) >= 11 is 12.1. The molecule has 0 radical (unpaired) electrons. The molecule has 204 valence electrons. The molecule has 0 bridgehead atoms. The molecule has 13 heteroatoms. The van der Waals surface area contributed by atoms with Crippen molar-refractivity contribution >= 4 is 50.7 Å². The standard InChI is InChI=1S/C24H28Cl2F3N3O4S/c1-5-15(2)30-23(34)16(3)31(13-17-7-6-8-19(25)11-17)22(33)14-32(37(4,35)36)21-12-18(24(27,28)29)9-10-20(21)26/h6-12,15-16H,5,13-14H2,1-4H3,(H,30,34)/t15-,16-/m0/s1. The van der Waals surface area contributed by atoms with E-state index in [1.807, 2.05) is 6.92 Å². The van der Waals surface area contributed by atoms with Gasteiger partial charge in [-0.1, -0.05) is 42.3 Å². The van der Waals surface area contributed by atoms with E-state index in [-0.39, 0.29) is 17.6 Å². The topological polar surface area (TPSA) is 86.8 Å². The fraction of sp³-hybridized carbons (Fsp3) is 0.417. The van der Waals surface area contributed by atoms with Gasteiger partial charge in [-0.25, -0.2) is 8.42 Å². The molecule has 37 heavy (non-hydrogen) atoms. The molecule has 2 aromatic rings. The van der Waals surface area contributed by atoms with Crippen molar-refractivity contribution in [3.05, 3.63) is 63.6 Å². The number of sulfonamides is 1. The highest BCUT2D eigenvalue weighted by atomic mass is 35.5. The van der Waals surface area contributed by atoms with Crippen LogP contribution >= 0.6 is 23.2 Å². The first-order valence-electron chi connectivity index (χ1n) is 11.2. The molecule has 2 amide bonds. The van der Waals surface area contributed by atoms with Crippen molar-refractivity contribution in [1.82, 2.24) is 10.2 Å².